The van der Waals surface area contributed by atoms with E-state index >= 15 is 0 Å². The van der Waals surface area contributed by atoms with E-state index in [-0.39, 0.29) is 12.6 Å². The molecule has 1 saturated heterocycles. The van der Waals surface area contributed by atoms with Gasteiger partial charge >= 0.3 is 0 Å². The maximum atomic E-state index is 13.3. The number of nitro groups is 1. The second-order valence-electron chi connectivity index (χ2n) is 7.45. The molecule has 1 atom stereocenters. The number of aryl methyl sites for hydroxylation is 1. The molecule has 1 aliphatic rings. The first kappa shape index (κ1) is 22.9. The van der Waals surface area contributed by atoms with Crippen LogP contribution in [0.15, 0.2) is 47.4 Å². The number of hydrogen-bond donors (Lipinski definition) is 1. The lowest BCUT2D eigenvalue weighted by Gasteiger charge is -2.24. The van der Waals surface area contributed by atoms with Gasteiger partial charge in [0.05, 0.1) is 17.6 Å². The quantitative estimate of drug-likeness (QED) is 0.491. The molecule has 1 aliphatic heterocycles. The fourth-order valence-corrected chi connectivity index (χ4v) is 5.05. The van der Waals surface area contributed by atoms with Gasteiger partial charge in [-0.15, -0.1) is 0 Å². The Balaban J connectivity index is 1.90. The van der Waals surface area contributed by atoms with Crippen LogP contribution in [0.2, 0.25) is 0 Å². The monoisotopic (exact) mass is 447 g/mol. The standard InChI is InChI=1S/C21H25N3O6S/c1-15-7-5-9-18(16(15)2)22-21(25)14-23(13-17-8-6-12-30-17)31(28,29)20-11-4-3-10-19(20)24(26)27/h3-5,7,9-11,17H,6,8,12-14H2,1-2H3,(H,22,25). The van der Waals surface area contributed by atoms with Gasteiger partial charge in [0.15, 0.2) is 4.90 Å². The molecule has 1 heterocycles. The molecule has 0 bridgehead atoms. The first-order valence-corrected chi connectivity index (χ1v) is 11.4. The molecule has 9 nitrogen and oxygen atoms in total. The molecule has 0 spiro atoms. The third-order valence-electron chi connectivity index (χ3n) is 5.31. The lowest BCUT2D eigenvalue weighted by Crippen LogP contribution is -2.42. The molecule has 1 fully saturated rings. The molecular weight excluding hydrogens is 422 g/mol. The van der Waals surface area contributed by atoms with Crippen molar-refractivity contribution in [1.82, 2.24) is 4.31 Å². The van der Waals surface area contributed by atoms with E-state index in [0.29, 0.717) is 18.7 Å². The summed E-state index contributed by atoms with van der Waals surface area (Å²) in [5.74, 6) is -0.533. The minimum absolute atomic E-state index is 0.0609. The molecule has 1 N–H and O–H groups in total. The smallest absolute Gasteiger partial charge is 0.289 e. The second kappa shape index (κ2) is 9.54. The number of benzene rings is 2. The Morgan fingerprint density at radius 3 is 2.65 bits per heavy atom. The molecule has 0 saturated carbocycles. The number of nitrogens with zero attached hydrogens (tertiary/aromatic N) is 2. The highest BCUT2D eigenvalue weighted by molar-refractivity contribution is 7.89. The van der Waals surface area contributed by atoms with Gasteiger partial charge in [0.2, 0.25) is 15.9 Å². The zero-order valence-electron chi connectivity index (χ0n) is 17.4. The second-order valence-corrected chi connectivity index (χ2v) is 9.36. The Bertz CT molecular complexity index is 1080. The zero-order chi connectivity index (χ0) is 22.6. The summed E-state index contributed by atoms with van der Waals surface area (Å²) in [6, 6.07) is 10.6. The molecule has 1 amide bonds. The Morgan fingerprint density at radius 2 is 1.97 bits per heavy atom. The van der Waals surface area contributed by atoms with Crippen LogP contribution in [0.5, 0.6) is 0 Å². The van der Waals surface area contributed by atoms with Crippen LogP contribution in [0.1, 0.15) is 24.0 Å². The maximum absolute atomic E-state index is 13.3. The van der Waals surface area contributed by atoms with Crippen LogP contribution in [-0.2, 0) is 19.6 Å². The molecule has 10 heteroatoms. The highest BCUT2D eigenvalue weighted by atomic mass is 32.2. The summed E-state index contributed by atoms with van der Waals surface area (Å²) in [5, 5.41) is 14.1. The number of rotatable bonds is 8. The molecule has 0 aliphatic carbocycles. The molecule has 3 rings (SSSR count). The van der Waals surface area contributed by atoms with E-state index in [1.807, 2.05) is 19.9 Å². The summed E-state index contributed by atoms with van der Waals surface area (Å²) >= 11 is 0. The van der Waals surface area contributed by atoms with Gasteiger partial charge in [0.25, 0.3) is 5.69 Å². The van der Waals surface area contributed by atoms with Gasteiger partial charge in [-0.1, -0.05) is 24.3 Å². The van der Waals surface area contributed by atoms with Crippen molar-refractivity contribution < 1.29 is 22.9 Å². The molecule has 0 aromatic heterocycles. The SMILES string of the molecule is Cc1cccc(NC(=O)CN(CC2CCCO2)S(=O)(=O)c2ccccc2[N+](=O)[O-])c1C. The number of nitrogens with one attached hydrogen (secondary N) is 1. The van der Waals surface area contributed by atoms with Gasteiger partial charge in [0, 0.05) is 24.9 Å². The van der Waals surface area contributed by atoms with Crippen LogP contribution in [0.3, 0.4) is 0 Å². The molecule has 1 unspecified atom stereocenters. The van der Waals surface area contributed by atoms with Crippen molar-refractivity contribution >= 4 is 27.3 Å². The van der Waals surface area contributed by atoms with E-state index < -0.39 is 38.0 Å². The fourth-order valence-electron chi connectivity index (χ4n) is 3.46. The number of ether oxygens (including phenoxy) is 1. The molecular formula is C21H25N3O6S. The van der Waals surface area contributed by atoms with Crippen molar-refractivity contribution in [2.45, 2.75) is 37.7 Å². The topological polar surface area (TPSA) is 119 Å². The summed E-state index contributed by atoms with van der Waals surface area (Å²) in [5.41, 5.74) is 1.92. The first-order chi connectivity index (χ1) is 14.7. The Kier molecular flexibility index (Phi) is 7.04. The molecule has 166 valence electrons. The predicted octanol–water partition coefficient (Wildman–Crippen LogP) is 3.02. The minimum Gasteiger partial charge on any atom is -0.377 e. The van der Waals surface area contributed by atoms with Crippen LogP contribution in [0.25, 0.3) is 0 Å². The van der Waals surface area contributed by atoms with E-state index in [1.165, 1.54) is 18.2 Å². The fraction of sp³-hybridized carbons (Fsp3) is 0.381. The van der Waals surface area contributed by atoms with Gasteiger partial charge in [0.1, 0.15) is 0 Å². The largest absolute Gasteiger partial charge is 0.377 e. The zero-order valence-corrected chi connectivity index (χ0v) is 18.2. The number of para-hydroxylation sites is 1. The molecule has 31 heavy (non-hydrogen) atoms. The van der Waals surface area contributed by atoms with Crippen molar-refractivity contribution in [2.24, 2.45) is 0 Å². The van der Waals surface area contributed by atoms with E-state index in [1.54, 1.807) is 12.1 Å². The summed E-state index contributed by atoms with van der Waals surface area (Å²) in [6.07, 6.45) is 1.08. The number of sulfonamides is 1. The number of anilines is 1. The highest BCUT2D eigenvalue weighted by Gasteiger charge is 2.35. The van der Waals surface area contributed by atoms with Crippen molar-refractivity contribution in [3.63, 3.8) is 0 Å². The van der Waals surface area contributed by atoms with Crippen molar-refractivity contribution in [1.29, 1.82) is 0 Å². The van der Waals surface area contributed by atoms with Gasteiger partial charge in [-0.05, 0) is 49.9 Å². The number of carbonyl (C=O) groups is 1. The normalized spacial score (nSPS) is 16.4. The van der Waals surface area contributed by atoms with Crippen LogP contribution >= 0.6 is 0 Å². The molecule has 2 aromatic carbocycles. The molecule has 0 radical (unpaired) electrons. The predicted molar refractivity (Wildman–Crippen MR) is 115 cm³/mol. The summed E-state index contributed by atoms with van der Waals surface area (Å²) in [4.78, 5) is 23.0. The van der Waals surface area contributed by atoms with Crippen LogP contribution < -0.4 is 5.32 Å². The Hall–Kier alpha value is -2.82. The number of amides is 1. The lowest BCUT2D eigenvalue weighted by molar-refractivity contribution is -0.387. The number of hydrogen-bond acceptors (Lipinski definition) is 6. The van der Waals surface area contributed by atoms with Crippen molar-refractivity contribution in [3.05, 3.63) is 63.7 Å². The van der Waals surface area contributed by atoms with Gasteiger partial charge in [-0.25, -0.2) is 8.42 Å². The lowest BCUT2D eigenvalue weighted by atomic mass is 10.1. The van der Waals surface area contributed by atoms with E-state index in [9.17, 15) is 23.3 Å². The van der Waals surface area contributed by atoms with E-state index in [2.05, 4.69) is 5.32 Å². The average Bonchev–Trinajstić information content (AvgIpc) is 3.24. The molecule has 2 aromatic rings. The van der Waals surface area contributed by atoms with Crippen LogP contribution in [-0.4, -0.2) is 49.4 Å². The third-order valence-corrected chi connectivity index (χ3v) is 7.17. The van der Waals surface area contributed by atoms with Crippen LogP contribution in [0, 0.1) is 24.0 Å². The van der Waals surface area contributed by atoms with Gasteiger partial charge < -0.3 is 10.1 Å². The average molecular weight is 448 g/mol. The van der Waals surface area contributed by atoms with Gasteiger partial charge in [-0.3, -0.25) is 14.9 Å². The third kappa shape index (κ3) is 5.27. The Morgan fingerprint density at radius 1 is 1.23 bits per heavy atom. The number of carbonyl (C=O) groups excluding carboxylic acids is 1. The highest BCUT2D eigenvalue weighted by Crippen LogP contribution is 2.28. The maximum Gasteiger partial charge on any atom is 0.289 e. The summed E-state index contributed by atoms with van der Waals surface area (Å²) in [6.45, 7) is 3.74. The summed E-state index contributed by atoms with van der Waals surface area (Å²) < 4.78 is 33.2. The van der Waals surface area contributed by atoms with Crippen molar-refractivity contribution in [2.75, 3.05) is 25.0 Å². The van der Waals surface area contributed by atoms with E-state index in [0.717, 1.165) is 27.9 Å². The Labute approximate surface area is 181 Å². The van der Waals surface area contributed by atoms with Gasteiger partial charge in [-0.2, -0.15) is 4.31 Å². The van der Waals surface area contributed by atoms with E-state index in [4.69, 9.17) is 4.74 Å². The van der Waals surface area contributed by atoms with Crippen molar-refractivity contribution in [3.8, 4) is 0 Å². The number of nitro benzene ring substituents is 1. The minimum atomic E-state index is -4.32. The first-order valence-electron chi connectivity index (χ1n) is 9.91. The summed E-state index contributed by atoms with van der Waals surface area (Å²) in [7, 11) is -4.32. The van der Waals surface area contributed by atoms with Crippen LogP contribution in [0.4, 0.5) is 11.4 Å².